The first-order valence-corrected chi connectivity index (χ1v) is 3.98. The number of benzene rings is 1. The molecule has 0 aliphatic carbocycles. The Labute approximate surface area is 72.6 Å². The van der Waals surface area contributed by atoms with E-state index in [4.69, 9.17) is 11.0 Å². The highest BCUT2D eigenvalue weighted by Crippen LogP contribution is 2.13. The number of nitriles is 1. The normalized spacial score (nSPS) is 12.1. The minimum Gasteiger partial charge on any atom is -0.330 e. The van der Waals surface area contributed by atoms with Gasteiger partial charge in [0.1, 0.15) is 0 Å². The standard InChI is InChI=1S/C10H12N2/c1-8(6-11)10-4-2-9(7-12)3-5-10/h2-5,8H,6,11H2,1H3/t8-/m0/s1. The summed E-state index contributed by atoms with van der Waals surface area (Å²) in [6.07, 6.45) is 0. The molecule has 2 heteroatoms. The summed E-state index contributed by atoms with van der Waals surface area (Å²) in [6.45, 7) is 2.72. The molecule has 1 aromatic rings. The SMILES string of the molecule is C[C@@H](CN)c1ccc(C#N)cc1. The van der Waals surface area contributed by atoms with E-state index in [1.165, 1.54) is 5.56 Å². The average molecular weight is 160 g/mol. The van der Waals surface area contributed by atoms with Gasteiger partial charge in [0, 0.05) is 0 Å². The molecule has 1 atom stereocenters. The monoisotopic (exact) mass is 160 g/mol. The largest absolute Gasteiger partial charge is 0.330 e. The van der Waals surface area contributed by atoms with Crippen molar-refractivity contribution in [1.82, 2.24) is 0 Å². The van der Waals surface area contributed by atoms with Crippen molar-refractivity contribution in [2.75, 3.05) is 6.54 Å². The predicted molar refractivity (Wildman–Crippen MR) is 48.6 cm³/mol. The van der Waals surface area contributed by atoms with Crippen LogP contribution in [-0.2, 0) is 0 Å². The second-order valence-electron chi connectivity index (χ2n) is 2.87. The third-order valence-corrected chi connectivity index (χ3v) is 1.96. The molecule has 0 spiro atoms. The number of nitrogens with zero attached hydrogens (tertiary/aromatic N) is 1. The Bertz CT molecular complexity index is 282. The van der Waals surface area contributed by atoms with Crippen LogP contribution in [0.15, 0.2) is 24.3 Å². The summed E-state index contributed by atoms with van der Waals surface area (Å²) in [5, 5.41) is 8.55. The zero-order chi connectivity index (χ0) is 8.97. The van der Waals surface area contributed by atoms with Crippen LogP contribution < -0.4 is 5.73 Å². The van der Waals surface area contributed by atoms with E-state index in [1.54, 1.807) is 0 Å². The minimum atomic E-state index is 0.373. The van der Waals surface area contributed by atoms with Crippen molar-refractivity contribution in [3.05, 3.63) is 35.4 Å². The topological polar surface area (TPSA) is 49.8 Å². The molecule has 0 saturated heterocycles. The van der Waals surface area contributed by atoms with E-state index < -0.39 is 0 Å². The molecular weight excluding hydrogens is 148 g/mol. The summed E-state index contributed by atoms with van der Waals surface area (Å²) < 4.78 is 0. The van der Waals surface area contributed by atoms with Gasteiger partial charge in [-0.1, -0.05) is 19.1 Å². The lowest BCUT2D eigenvalue weighted by molar-refractivity contribution is 0.774. The van der Waals surface area contributed by atoms with Crippen LogP contribution in [0.25, 0.3) is 0 Å². The lowest BCUT2D eigenvalue weighted by Gasteiger charge is -2.07. The smallest absolute Gasteiger partial charge is 0.0991 e. The third-order valence-electron chi connectivity index (χ3n) is 1.96. The highest BCUT2D eigenvalue weighted by Gasteiger charge is 2.01. The molecule has 0 amide bonds. The van der Waals surface area contributed by atoms with Gasteiger partial charge in [-0.05, 0) is 30.2 Å². The quantitative estimate of drug-likeness (QED) is 0.714. The highest BCUT2D eigenvalue weighted by molar-refractivity contribution is 5.32. The molecule has 0 saturated carbocycles. The van der Waals surface area contributed by atoms with Crippen LogP contribution in [0.2, 0.25) is 0 Å². The molecule has 0 heterocycles. The molecule has 0 radical (unpaired) electrons. The average Bonchev–Trinajstić information content (AvgIpc) is 2.17. The van der Waals surface area contributed by atoms with Crippen LogP contribution >= 0.6 is 0 Å². The first-order chi connectivity index (χ1) is 5.77. The van der Waals surface area contributed by atoms with Crippen molar-refractivity contribution in [2.45, 2.75) is 12.8 Å². The molecule has 0 fully saturated rings. The summed E-state index contributed by atoms with van der Waals surface area (Å²) in [7, 11) is 0. The van der Waals surface area contributed by atoms with E-state index in [0.717, 1.165) is 0 Å². The van der Waals surface area contributed by atoms with Crippen molar-refractivity contribution in [3.8, 4) is 6.07 Å². The Kier molecular flexibility index (Phi) is 2.84. The summed E-state index contributed by atoms with van der Waals surface area (Å²) in [6, 6.07) is 9.63. The Morgan fingerprint density at radius 2 is 2.00 bits per heavy atom. The molecule has 0 aliphatic heterocycles. The van der Waals surface area contributed by atoms with E-state index in [9.17, 15) is 0 Å². The van der Waals surface area contributed by atoms with E-state index in [0.29, 0.717) is 18.0 Å². The van der Waals surface area contributed by atoms with Gasteiger partial charge in [0.25, 0.3) is 0 Å². The zero-order valence-corrected chi connectivity index (χ0v) is 7.12. The molecule has 0 aliphatic rings. The van der Waals surface area contributed by atoms with Gasteiger partial charge in [-0.15, -0.1) is 0 Å². The van der Waals surface area contributed by atoms with Crippen LogP contribution in [0.1, 0.15) is 24.0 Å². The lowest BCUT2D eigenvalue weighted by Crippen LogP contribution is -2.08. The van der Waals surface area contributed by atoms with Crippen LogP contribution in [0.3, 0.4) is 0 Å². The Balaban J connectivity index is 2.86. The van der Waals surface area contributed by atoms with E-state index in [1.807, 2.05) is 24.3 Å². The second-order valence-corrected chi connectivity index (χ2v) is 2.87. The van der Waals surface area contributed by atoms with Crippen molar-refractivity contribution < 1.29 is 0 Å². The number of hydrogen-bond donors (Lipinski definition) is 1. The summed E-state index contributed by atoms with van der Waals surface area (Å²) in [5.41, 5.74) is 7.40. The lowest BCUT2D eigenvalue weighted by atomic mass is 10.0. The van der Waals surface area contributed by atoms with Crippen LogP contribution in [-0.4, -0.2) is 6.54 Å². The van der Waals surface area contributed by atoms with Gasteiger partial charge in [0.05, 0.1) is 11.6 Å². The molecule has 1 rings (SSSR count). The van der Waals surface area contributed by atoms with Crippen molar-refractivity contribution in [1.29, 1.82) is 5.26 Å². The van der Waals surface area contributed by atoms with Gasteiger partial charge in [0.15, 0.2) is 0 Å². The fourth-order valence-corrected chi connectivity index (χ4v) is 1.02. The Hall–Kier alpha value is -1.33. The Morgan fingerprint density at radius 3 is 2.42 bits per heavy atom. The molecule has 2 nitrogen and oxygen atoms in total. The number of hydrogen-bond acceptors (Lipinski definition) is 2. The molecule has 0 aromatic heterocycles. The molecule has 2 N–H and O–H groups in total. The van der Waals surface area contributed by atoms with Crippen LogP contribution in [0.5, 0.6) is 0 Å². The maximum absolute atomic E-state index is 8.55. The molecule has 12 heavy (non-hydrogen) atoms. The maximum atomic E-state index is 8.55. The van der Waals surface area contributed by atoms with Gasteiger partial charge in [0.2, 0.25) is 0 Å². The first kappa shape index (κ1) is 8.76. The molecule has 1 aromatic carbocycles. The van der Waals surface area contributed by atoms with E-state index in [-0.39, 0.29) is 0 Å². The van der Waals surface area contributed by atoms with Crippen molar-refractivity contribution in [2.24, 2.45) is 5.73 Å². The molecule has 0 unspecified atom stereocenters. The third kappa shape index (κ3) is 1.84. The fraction of sp³-hybridized carbons (Fsp3) is 0.300. The maximum Gasteiger partial charge on any atom is 0.0991 e. The summed E-state index contributed by atoms with van der Waals surface area (Å²) >= 11 is 0. The van der Waals surface area contributed by atoms with Crippen LogP contribution in [0.4, 0.5) is 0 Å². The van der Waals surface area contributed by atoms with Crippen LogP contribution in [0, 0.1) is 11.3 Å². The Morgan fingerprint density at radius 1 is 1.42 bits per heavy atom. The summed E-state index contributed by atoms with van der Waals surface area (Å²) in [5.74, 6) is 0.373. The highest BCUT2D eigenvalue weighted by atomic mass is 14.5. The second kappa shape index (κ2) is 3.89. The molecule has 62 valence electrons. The molecular formula is C10H12N2. The van der Waals surface area contributed by atoms with Gasteiger partial charge in [-0.2, -0.15) is 5.26 Å². The zero-order valence-electron chi connectivity index (χ0n) is 7.12. The summed E-state index contributed by atoms with van der Waals surface area (Å²) in [4.78, 5) is 0. The molecule has 0 bridgehead atoms. The van der Waals surface area contributed by atoms with Crippen molar-refractivity contribution in [3.63, 3.8) is 0 Å². The van der Waals surface area contributed by atoms with Gasteiger partial charge in [-0.25, -0.2) is 0 Å². The van der Waals surface area contributed by atoms with Gasteiger partial charge in [-0.3, -0.25) is 0 Å². The first-order valence-electron chi connectivity index (χ1n) is 3.98. The van der Waals surface area contributed by atoms with Gasteiger partial charge >= 0.3 is 0 Å². The minimum absolute atomic E-state index is 0.373. The van der Waals surface area contributed by atoms with Gasteiger partial charge < -0.3 is 5.73 Å². The van der Waals surface area contributed by atoms with Crippen molar-refractivity contribution >= 4 is 0 Å². The predicted octanol–water partition coefficient (Wildman–Crippen LogP) is 1.62. The van der Waals surface area contributed by atoms with E-state index >= 15 is 0 Å². The number of rotatable bonds is 2. The van der Waals surface area contributed by atoms with E-state index in [2.05, 4.69) is 13.0 Å². The fourth-order valence-electron chi connectivity index (χ4n) is 1.02. The number of nitrogens with two attached hydrogens (primary N) is 1.